The van der Waals surface area contributed by atoms with Gasteiger partial charge < -0.3 is 16.4 Å². The molecule has 0 radical (unpaired) electrons. The predicted molar refractivity (Wildman–Crippen MR) is 112 cm³/mol. The van der Waals surface area contributed by atoms with E-state index in [0.717, 1.165) is 13.1 Å². The summed E-state index contributed by atoms with van der Waals surface area (Å²) in [7, 11) is 0. The van der Waals surface area contributed by atoms with E-state index >= 15 is 0 Å². The lowest BCUT2D eigenvalue weighted by molar-refractivity contribution is 0.809. The molecule has 0 aliphatic rings. The van der Waals surface area contributed by atoms with Crippen LogP contribution in [0.2, 0.25) is 10.3 Å². The van der Waals surface area contributed by atoms with Crippen molar-refractivity contribution in [2.45, 2.75) is 13.8 Å². The first-order valence-electron chi connectivity index (χ1n) is 8.44. The number of nitrogen functional groups attached to an aromatic ring is 1. The molecule has 0 saturated carbocycles. The van der Waals surface area contributed by atoms with E-state index in [2.05, 4.69) is 30.7 Å². The van der Waals surface area contributed by atoms with Gasteiger partial charge in [0.1, 0.15) is 5.02 Å². The van der Waals surface area contributed by atoms with Crippen LogP contribution in [0.1, 0.15) is 13.8 Å². The zero-order chi connectivity index (χ0) is 20.5. The molecule has 0 unspecified atom stereocenters. The van der Waals surface area contributed by atoms with E-state index < -0.39 is 5.56 Å². The number of halogens is 2. The summed E-state index contributed by atoms with van der Waals surface area (Å²) < 4.78 is 1.21. The number of para-hydroxylation sites is 1. The Labute approximate surface area is 171 Å². The Bertz CT molecular complexity index is 941. The third-order valence-electron chi connectivity index (χ3n) is 3.22. The lowest BCUT2D eigenvalue weighted by Gasteiger charge is -2.04. The van der Waals surface area contributed by atoms with Gasteiger partial charge in [-0.15, -0.1) is 0 Å². The summed E-state index contributed by atoms with van der Waals surface area (Å²) in [6.45, 7) is 5.44. The largest absolute Gasteiger partial charge is 0.396 e. The van der Waals surface area contributed by atoms with Crippen molar-refractivity contribution in [2.24, 2.45) is 0 Å². The first kappa shape index (κ1) is 21.4. The van der Waals surface area contributed by atoms with Gasteiger partial charge in [0.05, 0.1) is 17.6 Å². The molecule has 0 atom stereocenters. The van der Waals surface area contributed by atoms with Gasteiger partial charge in [-0.1, -0.05) is 29.8 Å². The van der Waals surface area contributed by atoms with Gasteiger partial charge in [0.2, 0.25) is 17.2 Å². The topological polar surface area (TPSA) is 124 Å². The number of hydrogen-bond acceptors (Lipinski definition) is 8. The molecule has 148 valence electrons. The van der Waals surface area contributed by atoms with E-state index in [1.807, 2.05) is 32.0 Å². The number of benzene rings is 1. The Morgan fingerprint density at radius 1 is 1.00 bits per heavy atom. The molecule has 11 heteroatoms. The van der Waals surface area contributed by atoms with Crippen LogP contribution in [0.25, 0.3) is 5.69 Å². The number of nitrogens with two attached hydrogens (primary N) is 1. The van der Waals surface area contributed by atoms with Crippen molar-refractivity contribution in [1.82, 2.24) is 24.7 Å². The second-order valence-electron chi connectivity index (χ2n) is 5.28. The summed E-state index contributed by atoms with van der Waals surface area (Å²) in [6.07, 6.45) is 1.36. The van der Waals surface area contributed by atoms with Crippen LogP contribution >= 0.6 is 23.2 Å². The highest BCUT2D eigenvalue weighted by Crippen LogP contribution is 2.12. The van der Waals surface area contributed by atoms with Crippen molar-refractivity contribution in [1.29, 1.82) is 0 Å². The first-order valence-corrected chi connectivity index (χ1v) is 9.19. The van der Waals surface area contributed by atoms with Gasteiger partial charge in [-0.2, -0.15) is 24.7 Å². The fourth-order valence-corrected chi connectivity index (χ4v) is 2.31. The Hall–Kier alpha value is -2.91. The summed E-state index contributed by atoms with van der Waals surface area (Å²) in [5.41, 5.74) is 5.89. The number of hydrogen-bond donors (Lipinski definition) is 3. The number of aromatic nitrogens is 5. The number of nitrogens with zero attached hydrogens (tertiary/aromatic N) is 5. The molecule has 1 aromatic carbocycles. The van der Waals surface area contributed by atoms with E-state index in [0.29, 0.717) is 17.6 Å². The van der Waals surface area contributed by atoms with Gasteiger partial charge in [-0.3, -0.25) is 4.79 Å². The molecule has 0 bridgehead atoms. The summed E-state index contributed by atoms with van der Waals surface area (Å²) in [5, 5.41) is 10.0. The average molecular weight is 423 g/mol. The van der Waals surface area contributed by atoms with Gasteiger partial charge in [0, 0.05) is 13.1 Å². The Kier molecular flexibility index (Phi) is 7.97. The van der Waals surface area contributed by atoms with Gasteiger partial charge in [-0.05, 0) is 37.6 Å². The smallest absolute Gasteiger partial charge is 0.292 e. The van der Waals surface area contributed by atoms with Crippen LogP contribution in [0.5, 0.6) is 0 Å². The third kappa shape index (κ3) is 5.80. The van der Waals surface area contributed by atoms with Gasteiger partial charge in [-0.25, -0.2) is 0 Å². The van der Waals surface area contributed by atoms with Crippen LogP contribution in [0.3, 0.4) is 0 Å². The summed E-state index contributed by atoms with van der Waals surface area (Å²) >= 11 is 11.4. The summed E-state index contributed by atoms with van der Waals surface area (Å²) in [5.74, 6) is 0.997. The van der Waals surface area contributed by atoms with Gasteiger partial charge in [0.25, 0.3) is 5.56 Å². The zero-order valence-corrected chi connectivity index (χ0v) is 16.9. The molecule has 3 aromatic rings. The van der Waals surface area contributed by atoms with Crippen molar-refractivity contribution in [3.05, 3.63) is 57.2 Å². The van der Waals surface area contributed by atoms with E-state index in [1.165, 1.54) is 10.9 Å². The maximum Gasteiger partial charge on any atom is 0.292 e. The molecule has 0 fully saturated rings. The minimum Gasteiger partial charge on any atom is -0.396 e. The normalized spacial score (nSPS) is 10.0. The average Bonchev–Trinajstić information content (AvgIpc) is 2.68. The molecule has 2 aromatic heterocycles. The number of nitrogens with one attached hydrogen (secondary N) is 2. The molecule has 2 heterocycles. The highest BCUT2D eigenvalue weighted by atomic mass is 35.5. The lowest BCUT2D eigenvalue weighted by atomic mass is 10.3. The maximum absolute atomic E-state index is 11.7. The molecule has 3 rings (SSSR count). The second-order valence-corrected chi connectivity index (χ2v) is 5.99. The predicted octanol–water partition coefficient (Wildman–Crippen LogP) is 2.86. The van der Waals surface area contributed by atoms with Crippen molar-refractivity contribution >= 4 is 40.8 Å². The fraction of sp³-hybridized carbons (Fsp3) is 0.235. The summed E-state index contributed by atoms with van der Waals surface area (Å²) in [6, 6.07) is 9.01. The van der Waals surface area contributed by atoms with Crippen LogP contribution in [-0.4, -0.2) is 37.8 Å². The molecule has 9 nitrogen and oxygen atoms in total. The van der Waals surface area contributed by atoms with Crippen LogP contribution < -0.4 is 21.9 Å². The van der Waals surface area contributed by atoms with E-state index in [-0.39, 0.29) is 16.0 Å². The quantitative estimate of drug-likeness (QED) is 0.573. The molecule has 28 heavy (non-hydrogen) atoms. The Morgan fingerprint density at radius 2 is 1.57 bits per heavy atom. The van der Waals surface area contributed by atoms with Crippen molar-refractivity contribution in [2.75, 3.05) is 29.5 Å². The molecular weight excluding hydrogens is 403 g/mol. The lowest BCUT2D eigenvalue weighted by Crippen LogP contribution is -2.22. The molecular formula is C17H20Cl2N8O. The fourth-order valence-electron chi connectivity index (χ4n) is 2.02. The molecule has 0 spiro atoms. The van der Waals surface area contributed by atoms with E-state index in [9.17, 15) is 4.79 Å². The van der Waals surface area contributed by atoms with E-state index in [1.54, 1.807) is 12.1 Å². The standard InChI is InChI=1S/C10H8ClN3O.C7H12ClN5/c11-9-8(12)6-13-14(10(9)15)7-4-2-1-3-5-7;1-3-9-6-11-5(8)12-7(13-6)10-4-2/h1-6H,12H2;3-4H2,1-2H3,(H2,9,10,11,12,13). The maximum atomic E-state index is 11.7. The minimum atomic E-state index is -0.414. The second kappa shape index (κ2) is 10.4. The van der Waals surface area contributed by atoms with Crippen LogP contribution in [0, 0.1) is 0 Å². The van der Waals surface area contributed by atoms with Gasteiger partial charge >= 0.3 is 0 Å². The number of rotatable bonds is 5. The first-order chi connectivity index (χ1) is 13.5. The van der Waals surface area contributed by atoms with Crippen molar-refractivity contribution in [3.8, 4) is 5.69 Å². The number of anilines is 3. The molecule has 0 saturated heterocycles. The minimum absolute atomic E-state index is 0.00569. The van der Waals surface area contributed by atoms with Crippen LogP contribution in [0.15, 0.2) is 41.3 Å². The Morgan fingerprint density at radius 3 is 2.11 bits per heavy atom. The molecule has 0 aliphatic heterocycles. The molecule has 0 amide bonds. The molecule has 0 aliphatic carbocycles. The highest BCUT2D eigenvalue weighted by molar-refractivity contribution is 6.32. The van der Waals surface area contributed by atoms with Gasteiger partial charge in [0.15, 0.2) is 0 Å². The molecule has 4 N–H and O–H groups in total. The SMILES string of the molecule is CCNc1nc(Cl)nc(NCC)n1.Nc1cnn(-c2ccccc2)c(=O)c1Cl. The monoisotopic (exact) mass is 422 g/mol. The third-order valence-corrected chi connectivity index (χ3v) is 3.77. The van der Waals surface area contributed by atoms with Crippen molar-refractivity contribution in [3.63, 3.8) is 0 Å². The van der Waals surface area contributed by atoms with E-state index in [4.69, 9.17) is 28.9 Å². The highest BCUT2D eigenvalue weighted by Gasteiger charge is 2.07. The Balaban J connectivity index is 0.000000203. The zero-order valence-electron chi connectivity index (χ0n) is 15.4. The van der Waals surface area contributed by atoms with Crippen LogP contribution in [-0.2, 0) is 0 Å². The van der Waals surface area contributed by atoms with Crippen molar-refractivity contribution < 1.29 is 0 Å². The van der Waals surface area contributed by atoms with Crippen LogP contribution in [0.4, 0.5) is 17.6 Å². The summed E-state index contributed by atoms with van der Waals surface area (Å²) in [4.78, 5) is 23.6.